The first-order valence-electron chi connectivity index (χ1n) is 8.08. The van der Waals surface area contributed by atoms with Crippen molar-refractivity contribution in [1.29, 1.82) is 0 Å². The van der Waals surface area contributed by atoms with E-state index in [1.165, 1.54) is 19.2 Å². The van der Waals surface area contributed by atoms with E-state index in [1.807, 2.05) is 19.9 Å². The standard InChI is InChI=1S/C18H20FN3O3/c1-11-8-12(2)21-18(20-11)25-14-6-7-22(10-14)17(23)13-4-5-16(24-3)15(19)9-13/h4-5,8-9,14H,6-7,10H2,1-3H3/t14-/m1/s1. The van der Waals surface area contributed by atoms with Crippen LogP contribution >= 0.6 is 0 Å². The van der Waals surface area contributed by atoms with Crippen molar-refractivity contribution in [3.8, 4) is 11.8 Å². The number of ether oxygens (including phenoxy) is 2. The topological polar surface area (TPSA) is 64.5 Å². The lowest BCUT2D eigenvalue weighted by atomic mass is 10.2. The lowest BCUT2D eigenvalue weighted by Gasteiger charge is -2.17. The van der Waals surface area contributed by atoms with Gasteiger partial charge in [0.25, 0.3) is 5.91 Å². The molecule has 1 aromatic carbocycles. The van der Waals surface area contributed by atoms with Gasteiger partial charge in [0.2, 0.25) is 0 Å². The van der Waals surface area contributed by atoms with Gasteiger partial charge in [-0.1, -0.05) is 0 Å². The number of aryl methyl sites for hydroxylation is 2. The fraction of sp³-hybridized carbons (Fsp3) is 0.389. The van der Waals surface area contributed by atoms with Crippen LogP contribution in [0, 0.1) is 19.7 Å². The third-order valence-corrected chi connectivity index (χ3v) is 4.06. The van der Waals surface area contributed by atoms with E-state index in [4.69, 9.17) is 9.47 Å². The molecule has 0 radical (unpaired) electrons. The summed E-state index contributed by atoms with van der Waals surface area (Å²) in [5.74, 6) is -0.663. The fourth-order valence-electron chi connectivity index (χ4n) is 2.89. The predicted molar refractivity (Wildman–Crippen MR) is 89.4 cm³/mol. The highest BCUT2D eigenvalue weighted by Crippen LogP contribution is 2.22. The van der Waals surface area contributed by atoms with Crippen molar-refractivity contribution in [2.24, 2.45) is 0 Å². The Kier molecular flexibility index (Phi) is 4.83. The zero-order valence-electron chi connectivity index (χ0n) is 14.5. The molecular formula is C18H20FN3O3. The molecule has 1 saturated heterocycles. The quantitative estimate of drug-likeness (QED) is 0.852. The third-order valence-electron chi connectivity index (χ3n) is 4.06. The number of amides is 1. The van der Waals surface area contributed by atoms with Gasteiger partial charge < -0.3 is 14.4 Å². The van der Waals surface area contributed by atoms with Gasteiger partial charge in [0.1, 0.15) is 6.10 Å². The van der Waals surface area contributed by atoms with Crippen molar-refractivity contribution in [2.45, 2.75) is 26.4 Å². The van der Waals surface area contributed by atoms with Crippen molar-refractivity contribution in [3.05, 3.63) is 47.0 Å². The molecule has 0 unspecified atom stereocenters. The Balaban J connectivity index is 1.65. The van der Waals surface area contributed by atoms with E-state index in [0.717, 1.165) is 11.4 Å². The van der Waals surface area contributed by atoms with Gasteiger partial charge in [-0.3, -0.25) is 4.79 Å². The summed E-state index contributed by atoms with van der Waals surface area (Å²) in [5, 5.41) is 0. The largest absolute Gasteiger partial charge is 0.494 e. The fourth-order valence-corrected chi connectivity index (χ4v) is 2.89. The van der Waals surface area contributed by atoms with Crippen molar-refractivity contribution in [2.75, 3.05) is 20.2 Å². The minimum absolute atomic E-state index is 0.117. The molecule has 1 aliphatic heterocycles. The smallest absolute Gasteiger partial charge is 0.317 e. The highest BCUT2D eigenvalue weighted by Gasteiger charge is 2.29. The Morgan fingerprint density at radius 3 is 2.60 bits per heavy atom. The Labute approximate surface area is 145 Å². The molecule has 3 rings (SSSR count). The van der Waals surface area contributed by atoms with Crippen molar-refractivity contribution >= 4 is 5.91 Å². The second-order valence-electron chi connectivity index (χ2n) is 6.06. The van der Waals surface area contributed by atoms with Gasteiger partial charge in [0.15, 0.2) is 11.6 Å². The van der Waals surface area contributed by atoms with Gasteiger partial charge in [0.05, 0.1) is 13.7 Å². The highest BCUT2D eigenvalue weighted by atomic mass is 19.1. The Morgan fingerprint density at radius 2 is 1.96 bits per heavy atom. The maximum atomic E-state index is 13.8. The number of nitrogens with zero attached hydrogens (tertiary/aromatic N) is 3. The maximum Gasteiger partial charge on any atom is 0.317 e. The number of hydrogen-bond acceptors (Lipinski definition) is 5. The molecule has 25 heavy (non-hydrogen) atoms. The first kappa shape index (κ1) is 17.1. The molecule has 0 saturated carbocycles. The van der Waals surface area contributed by atoms with Crippen LogP contribution in [-0.2, 0) is 0 Å². The van der Waals surface area contributed by atoms with Crippen LogP contribution in [0.25, 0.3) is 0 Å². The Hall–Kier alpha value is -2.70. The summed E-state index contributed by atoms with van der Waals surface area (Å²) in [5.41, 5.74) is 1.96. The molecule has 2 heterocycles. The number of halogens is 1. The van der Waals surface area contributed by atoms with Crippen LogP contribution in [0.4, 0.5) is 4.39 Å². The molecule has 1 aromatic heterocycles. The van der Waals surface area contributed by atoms with Crippen molar-refractivity contribution in [3.63, 3.8) is 0 Å². The number of aromatic nitrogens is 2. The van der Waals surface area contributed by atoms with Crippen molar-refractivity contribution < 1.29 is 18.7 Å². The second kappa shape index (κ2) is 7.04. The molecule has 1 atom stereocenters. The highest BCUT2D eigenvalue weighted by molar-refractivity contribution is 5.94. The second-order valence-corrected chi connectivity index (χ2v) is 6.06. The van der Waals surface area contributed by atoms with Crippen LogP contribution in [0.15, 0.2) is 24.3 Å². The summed E-state index contributed by atoms with van der Waals surface area (Å²) in [4.78, 5) is 22.7. The number of likely N-dealkylation sites (tertiary alicyclic amines) is 1. The zero-order chi connectivity index (χ0) is 18.0. The summed E-state index contributed by atoms with van der Waals surface area (Å²) >= 11 is 0. The molecule has 0 bridgehead atoms. The molecular weight excluding hydrogens is 325 g/mol. The third kappa shape index (κ3) is 3.87. The van der Waals surface area contributed by atoms with E-state index in [9.17, 15) is 9.18 Å². The molecule has 1 aliphatic rings. The number of rotatable bonds is 4. The minimum Gasteiger partial charge on any atom is -0.494 e. The lowest BCUT2D eigenvalue weighted by Crippen LogP contribution is -2.31. The molecule has 2 aromatic rings. The van der Waals surface area contributed by atoms with E-state index in [2.05, 4.69) is 9.97 Å². The first-order chi connectivity index (χ1) is 12.0. The summed E-state index contributed by atoms with van der Waals surface area (Å²) in [6.45, 7) is 4.72. The predicted octanol–water partition coefficient (Wildman–Crippen LogP) is 2.53. The van der Waals surface area contributed by atoms with Crippen LogP contribution in [0.1, 0.15) is 28.2 Å². The molecule has 1 fully saturated rings. The van der Waals surface area contributed by atoms with Crippen LogP contribution in [0.3, 0.4) is 0 Å². The van der Waals surface area contributed by atoms with E-state index in [1.54, 1.807) is 11.0 Å². The monoisotopic (exact) mass is 345 g/mol. The van der Waals surface area contributed by atoms with Crippen LogP contribution in [0.5, 0.6) is 11.8 Å². The van der Waals surface area contributed by atoms with E-state index < -0.39 is 5.82 Å². The average molecular weight is 345 g/mol. The number of carbonyl (C=O) groups excluding carboxylic acids is 1. The number of methoxy groups -OCH3 is 1. The van der Waals surface area contributed by atoms with E-state index in [0.29, 0.717) is 31.1 Å². The molecule has 132 valence electrons. The molecule has 6 nitrogen and oxygen atoms in total. The molecule has 0 spiro atoms. The van der Waals surface area contributed by atoms with Gasteiger partial charge in [0, 0.05) is 29.9 Å². The van der Waals surface area contributed by atoms with Gasteiger partial charge >= 0.3 is 6.01 Å². The van der Waals surface area contributed by atoms with Crippen molar-refractivity contribution in [1.82, 2.24) is 14.9 Å². The zero-order valence-corrected chi connectivity index (χ0v) is 14.5. The Morgan fingerprint density at radius 1 is 1.24 bits per heavy atom. The number of benzene rings is 1. The SMILES string of the molecule is COc1ccc(C(=O)N2CC[C@@H](Oc3nc(C)cc(C)n3)C2)cc1F. The van der Waals surface area contributed by atoms with Gasteiger partial charge in [-0.15, -0.1) is 0 Å². The number of carbonyl (C=O) groups is 1. The van der Waals surface area contributed by atoms with Gasteiger partial charge in [-0.2, -0.15) is 0 Å². The summed E-state index contributed by atoms with van der Waals surface area (Å²) in [6, 6.07) is 6.41. The van der Waals surface area contributed by atoms with Gasteiger partial charge in [-0.05, 0) is 38.1 Å². The van der Waals surface area contributed by atoms with Gasteiger partial charge in [-0.25, -0.2) is 14.4 Å². The molecule has 1 amide bonds. The average Bonchev–Trinajstić information content (AvgIpc) is 3.01. The minimum atomic E-state index is -0.552. The van der Waals surface area contributed by atoms with E-state index >= 15 is 0 Å². The van der Waals surface area contributed by atoms with Crippen LogP contribution in [-0.4, -0.2) is 47.1 Å². The summed E-state index contributed by atoms with van der Waals surface area (Å²) < 4.78 is 24.5. The Bertz CT molecular complexity index is 777. The lowest BCUT2D eigenvalue weighted by molar-refractivity contribution is 0.0769. The summed E-state index contributed by atoms with van der Waals surface area (Å²) in [6.07, 6.45) is 0.508. The normalized spacial score (nSPS) is 16.8. The molecule has 7 heteroatoms. The summed E-state index contributed by atoms with van der Waals surface area (Å²) in [7, 11) is 1.39. The molecule has 0 aliphatic carbocycles. The first-order valence-corrected chi connectivity index (χ1v) is 8.08. The van der Waals surface area contributed by atoms with E-state index in [-0.39, 0.29) is 17.8 Å². The van der Waals surface area contributed by atoms with Crippen LogP contribution in [0.2, 0.25) is 0 Å². The molecule has 0 N–H and O–H groups in total. The maximum absolute atomic E-state index is 13.8. The number of hydrogen-bond donors (Lipinski definition) is 0. The van der Waals surface area contributed by atoms with Crippen LogP contribution < -0.4 is 9.47 Å².